The van der Waals surface area contributed by atoms with Gasteiger partial charge in [0, 0.05) is 16.5 Å². The van der Waals surface area contributed by atoms with Crippen molar-refractivity contribution in [3.05, 3.63) is 58.1 Å². The zero-order valence-electron chi connectivity index (χ0n) is 13.7. The van der Waals surface area contributed by atoms with E-state index in [-0.39, 0.29) is 11.9 Å². The number of hydrogen-bond acceptors (Lipinski definition) is 3. The summed E-state index contributed by atoms with van der Waals surface area (Å²) in [6.07, 6.45) is 0.178. The van der Waals surface area contributed by atoms with Crippen molar-refractivity contribution in [1.29, 1.82) is 0 Å². The summed E-state index contributed by atoms with van der Waals surface area (Å²) in [5.41, 5.74) is 2.09. The maximum Gasteiger partial charge on any atom is 0.261 e. The number of benzene rings is 2. The van der Waals surface area contributed by atoms with Gasteiger partial charge >= 0.3 is 0 Å². The zero-order chi connectivity index (χ0) is 17.1. The number of ether oxygens (including phenoxy) is 2. The molecule has 24 heavy (non-hydrogen) atoms. The van der Waals surface area contributed by atoms with Gasteiger partial charge in [0.2, 0.25) is 0 Å². The van der Waals surface area contributed by atoms with Crippen LogP contribution in [-0.2, 0) is 4.79 Å². The molecular formula is C19H20BrNO3. The molecule has 1 aliphatic heterocycles. The van der Waals surface area contributed by atoms with Crippen molar-refractivity contribution in [2.45, 2.75) is 32.4 Å². The lowest BCUT2D eigenvalue weighted by atomic mass is 10.0. The van der Waals surface area contributed by atoms with Crippen LogP contribution in [0.4, 0.5) is 0 Å². The quantitative estimate of drug-likeness (QED) is 0.853. The topological polar surface area (TPSA) is 47.6 Å². The van der Waals surface area contributed by atoms with Crippen LogP contribution in [0.3, 0.4) is 0 Å². The highest BCUT2D eigenvalue weighted by Gasteiger charge is 2.25. The molecule has 0 aromatic heterocycles. The highest BCUT2D eigenvalue weighted by molar-refractivity contribution is 9.10. The van der Waals surface area contributed by atoms with Gasteiger partial charge in [0.25, 0.3) is 5.91 Å². The van der Waals surface area contributed by atoms with E-state index in [1.165, 1.54) is 0 Å². The van der Waals surface area contributed by atoms with Crippen LogP contribution < -0.4 is 14.8 Å². The van der Waals surface area contributed by atoms with Crippen molar-refractivity contribution in [2.75, 3.05) is 6.61 Å². The summed E-state index contributed by atoms with van der Waals surface area (Å²) < 4.78 is 12.4. The van der Waals surface area contributed by atoms with Gasteiger partial charge in [-0.25, -0.2) is 0 Å². The SMILES string of the molecule is Cc1cccc(OC(C)C(=O)NC2CCOc3ccc(Br)cc32)c1. The van der Waals surface area contributed by atoms with Crippen molar-refractivity contribution < 1.29 is 14.3 Å². The summed E-state index contributed by atoms with van der Waals surface area (Å²) in [5, 5.41) is 3.07. The molecular weight excluding hydrogens is 370 g/mol. The van der Waals surface area contributed by atoms with E-state index in [4.69, 9.17) is 9.47 Å². The first kappa shape index (κ1) is 16.8. The summed E-state index contributed by atoms with van der Waals surface area (Å²) in [6, 6.07) is 13.5. The molecule has 0 spiro atoms. The van der Waals surface area contributed by atoms with E-state index >= 15 is 0 Å². The maximum absolute atomic E-state index is 12.5. The number of halogens is 1. The third-order valence-corrected chi connectivity index (χ3v) is 4.49. The minimum Gasteiger partial charge on any atom is -0.493 e. The van der Waals surface area contributed by atoms with Crippen molar-refractivity contribution in [1.82, 2.24) is 5.32 Å². The number of nitrogens with one attached hydrogen (secondary N) is 1. The second kappa shape index (κ2) is 7.26. The van der Waals surface area contributed by atoms with E-state index in [1.54, 1.807) is 6.92 Å². The van der Waals surface area contributed by atoms with Crippen LogP contribution in [0.5, 0.6) is 11.5 Å². The third kappa shape index (κ3) is 3.90. The van der Waals surface area contributed by atoms with E-state index in [1.807, 2.05) is 49.4 Å². The summed E-state index contributed by atoms with van der Waals surface area (Å²) in [7, 11) is 0. The highest BCUT2D eigenvalue weighted by atomic mass is 79.9. The maximum atomic E-state index is 12.5. The van der Waals surface area contributed by atoms with E-state index in [0.29, 0.717) is 12.4 Å². The Bertz CT molecular complexity index is 747. The van der Waals surface area contributed by atoms with Crippen LogP contribution in [0.15, 0.2) is 46.9 Å². The number of fused-ring (bicyclic) bond motifs is 1. The van der Waals surface area contributed by atoms with Gasteiger partial charge in [-0.1, -0.05) is 28.1 Å². The molecule has 1 heterocycles. The second-order valence-electron chi connectivity index (χ2n) is 5.96. The normalized spacial score (nSPS) is 17.4. The van der Waals surface area contributed by atoms with Crippen molar-refractivity contribution in [3.8, 4) is 11.5 Å². The third-order valence-electron chi connectivity index (χ3n) is 4.00. The molecule has 2 unspecified atom stereocenters. The number of aryl methyl sites for hydroxylation is 1. The standard InChI is InChI=1S/C19H20BrNO3/c1-12-4-3-5-15(10-12)24-13(2)19(22)21-17-8-9-23-18-7-6-14(20)11-16(17)18/h3-7,10-11,13,17H,8-9H2,1-2H3,(H,21,22). The predicted octanol–water partition coefficient (Wildman–Crippen LogP) is 4.16. The molecule has 0 saturated heterocycles. The van der Waals surface area contributed by atoms with Gasteiger partial charge in [0.1, 0.15) is 11.5 Å². The molecule has 3 rings (SSSR count). The number of amides is 1. The summed E-state index contributed by atoms with van der Waals surface area (Å²) in [6.45, 7) is 4.35. The summed E-state index contributed by atoms with van der Waals surface area (Å²) >= 11 is 3.47. The lowest BCUT2D eigenvalue weighted by molar-refractivity contribution is -0.128. The van der Waals surface area contributed by atoms with Crippen molar-refractivity contribution in [3.63, 3.8) is 0 Å². The molecule has 1 N–H and O–H groups in total. The summed E-state index contributed by atoms with van der Waals surface area (Å²) in [5.74, 6) is 1.39. The molecule has 0 saturated carbocycles. The molecule has 126 valence electrons. The van der Waals surface area contributed by atoms with Crippen LogP contribution in [0.25, 0.3) is 0 Å². The van der Waals surface area contributed by atoms with Gasteiger partial charge in [-0.05, 0) is 49.7 Å². The molecule has 0 bridgehead atoms. The van der Waals surface area contributed by atoms with Crippen LogP contribution in [0, 0.1) is 6.92 Å². The van der Waals surface area contributed by atoms with E-state index < -0.39 is 6.10 Å². The summed E-state index contributed by atoms with van der Waals surface area (Å²) in [4.78, 5) is 12.5. The van der Waals surface area contributed by atoms with Crippen molar-refractivity contribution >= 4 is 21.8 Å². The Hall–Kier alpha value is -2.01. The Kier molecular flexibility index (Phi) is 5.09. The lowest BCUT2D eigenvalue weighted by Crippen LogP contribution is -2.40. The molecule has 4 nitrogen and oxygen atoms in total. The van der Waals surface area contributed by atoms with Crippen LogP contribution in [0.1, 0.15) is 30.5 Å². The largest absolute Gasteiger partial charge is 0.493 e. The van der Waals surface area contributed by atoms with Crippen LogP contribution in [0.2, 0.25) is 0 Å². The Morgan fingerprint density at radius 3 is 2.96 bits per heavy atom. The molecule has 2 aromatic rings. The van der Waals surface area contributed by atoms with E-state index in [0.717, 1.165) is 27.8 Å². The van der Waals surface area contributed by atoms with E-state index in [9.17, 15) is 4.79 Å². The fourth-order valence-corrected chi connectivity index (χ4v) is 3.13. The molecule has 2 aromatic carbocycles. The minimum atomic E-state index is -0.565. The number of carbonyl (C=O) groups is 1. The monoisotopic (exact) mass is 389 g/mol. The lowest BCUT2D eigenvalue weighted by Gasteiger charge is -2.28. The first-order valence-electron chi connectivity index (χ1n) is 7.99. The average molecular weight is 390 g/mol. The molecule has 1 amide bonds. The van der Waals surface area contributed by atoms with Gasteiger partial charge in [0.15, 0.2) is 6.10 Å². The fourth-order valence-electron chi connectivity index (χ4n) is 2.75. The molecule has 5 heteroatoms. The van der Waals surface area contributed by atoms with Gasteiger partial charge < -0.3 is 14.8 Å². The molecule has 0 aliphatic carbocycles. The smallest absolute Gasteiger partial charge is 0.261 e. The van der Waals surface area contributed by atoms with Crippen LogP contribution in [-0.4, -0.2) is 18.6 Å². The molecule has 0 radical (unpaired) electrons. The van der Waals surface area contributed by atoms with Gasteiger partial charge in [0.05, 0.1) is 12.6 Å². The molecule has 2 atom stereocenters. The molecule has 0 fully saturated rings. The first-order valence-corrected chi connectivity index (χ1v) is 8.78. The Labute approximate surface area is 150 Å². The first-order chi connectivity index (χ1) is 11.5. The highest BCUT2D eigenvalue weighted by Crippen LogP contribution is 2.34. The number of carbonyl (C=O) groups excluding carboxylic acids is 1. The average Bonchev–Trinajstić information content (AvgIpc) is 2.55. The minimum absolute atomic E-state index is 0.0673. The molecule has 1 aliphatic rings. The Morgan fingerprint density at radius 2 is 2.17 bits per heavy atom. The van der Waals surface area contributed by atoms with Gasteiger partial charge in [-0.15, -0.1) is 0 Å². The zero-order valence-corrected chi connectivity index (χ0v) is 15.3. The predicted molar refractivity (Wildman–Crippen MR) is 96.4 cm³/mol. The second-order valence-corrected chi connectivity index (χ2v) is 6.87. The van der Waals surface area contributed by atoms with Gasteiger partial charge in [-0.2, -0.15) is 0 Å². The Morgan fingerprint density at radius 1 is 1.33 bits per heavy atom. The fraction of sp³-hybridized carbons (Fsp3) is 0.316. The number of hydrogen-bond donors (Lipinski definition) is 1. The van der Waals surface area contributed by atoms with Gasteiger partial charge in [-0.3, -0.25) is 4.79 Å². The van der Waals surface area contributed by atoms with E-state index in [2.05, 4.69) is 21.2 Å². The van der Waals surface area contributed by atoms with Crippen LogP contribution >= 0.6 is 15.9 Å². The Balaban J connectivity index is 1.68. The van der Waals surface area contributed by atoms with Crippen molar-refractivity contribution in [2.24, 2.45) is 0 Å². The number of rotatable bonds is 4.